The van der Waals surface area contributed by atoms with E-state index in [0.717, 1.165) is 18.6 Å². The Morgan fingerprint density at radius 3 is 2.80 bits per heavy atom. The van der Waals surface area contributed by atoms with Crippen molar-refractivity contribution in [1.82, 2.24) is 0 Å². The summed E-state index contributed by atoms with van der Waals surface area (Å²) in [6, 6.07) is 1.89. The van der Waals surface area contributed by atoms with Crippen LogP contribution in [-0.2, 0) is 0 Å². The fourth-order valence-corrected chi connectivity index (χ4v) is 1.04. The fraction of sp³-hybridized carbons (Fsp3) is 0.333. The third-order valence-electron chi connectivity index (χ3n) is 1.74. The van der Waals surface area contributed by atoms with Crippen LogP contribution in [0, 0.1) is 15.9 Å². The second kappa shape index (κ2) is 4.59. The van der Waals surface area contributed by atoms with Crippen molar-refractivity contribution in [3.63, 3.8) is 0 Å². The van der Waals surface area contributed by atoms with E-state index in [1.54, 1.807) is 0 Å². The second-order valence-corrected chi connectivity index (χ2v) is 2.95. The number of halogens is 1. The monoisotopic (exact) mass is 214 g/mol. The highest BCUT2D eigenvalue weighted by atomic mass is 19.1. The van der Waals surface area contributed by atoms with Crippen LogP contribution in [0.3, 0.4) is 0 Å². The summed E-state index contributed by atoms with van der Waals surface area (Å²) in [6.45, 7) is 2.28. The van der Waals surface area contributed by atoms with Crippen LogP contribution < -0.4 is 10.5 Å². The van der Waals surface area contributed by atoms with E-state index in [1.807, 2.05) is 6.92 Å². The minimum atomic E-state index is -0.944. The van der Waals surface area contributed by atoms with Gasteiger partial charge in [0.15, 0.2) is 0 Å². The van der Waals surface area contributed by atoms with E-state index in [0.29, 0.717) is 6.61 Å². The minimum absolute atomic E-state index is 0.0663. The van der Waals surface area contributed by atoms with Gasteiger partial charge in [-0.3, -0.25) is 10.1 Å². The summed E-state index contributed by atoms with van der Waals surface area (Å²) in [5, 5.41) is 10.4. The van der Waals surface area contributed by atoms with E-state index in [9.17, 15) is 14.5 Å². The molecule has 2 N–H and O–H groups in total. The highest BCUT2D eigenvalue weighted by molar-refractivity contribution is 5.58. The van der Waals surface area contributed by atoms with E-state index < -0.39 is 16.4 Å². The van der Waals surface area contributed by atoms with Gasteiger partial charge in [0, 0.05) is 12.1 Å². The number of nitrogens with zero attached hydrogens (tertiary/aromatic N) is 1. The number of hydrogen-bond acceptors (Lipinski definition) is 4. The Kier molecular flexibility index (Phi) is 3.43. The number of benzene rings is 1. The molecule has 0 aliphatic rings. The molecular weight excluding hydrogens is 203 g/mol. The Labute approximate surface area is 85.8 Å². The zero-order valence-corrected chi connectivity index (χ0v) is 8.20. The van der Waals surface area contributed by atoms with Gasteiger partial charge in [0.05, 0.1) is 17.2 Å². The highest BCUT2D eigenvalue weighted by Crippen LogP contribution is 2.29. The SMILES string of the molecule is CCCOc1cc(F)c([N+](=O)[O-])cc1N. The first-order chi connectivity index (χ1) is 7.06. The normalized spacial score (nSPS) is 10.0. The maximum atomic E-state index is 13.1. The molecule has 0 bridgehead atoms. The van der Waals surface area contributed by atoms with Crippen LogP contribution in [0.15, 0.2) is 12.1 Å². The number of nitro groups is 1. The van der Waals surface area contributed by atoms with Crippen molar-refractivity contribution in [1.29, 1.82) is 0 Å². The van der Waals surface area contributed by atoms with Gasteiger partial charge in [-0.05, 0) is 6.42 Å². The summed E-state index contributed by atoms with van der Waals surface area (Å²) in [5.41, 5.74) is 4.90. The van der Waals surface area contributed by atoms with Crippen LogP contribution >= 0.6 is 0 Å². The zero-order valence-electron chi connectivity index (χ0n) is 8.20. The molecule has 0 amide bonds. The molecule has 0 aliphatic heterocycles. The number of rotatable bonds is 4. The molecule has 5 nitrogen and oxygen atoms in total. The Morgan fingerprint density at radius 2 is 2.27 bits per heavy atom. The predicted octanol–water partition coefficient (Wildman–Crippen LogP) is 2.10. The highest BCUT2D eigenvalue weighted by Gasteiger charge is 2.17. The molecule has 82 valence electrons. The van der Waals surface area contributed by atoms with Crippen molar-refractivity contribution in [3.8, 4) is 5.75 Å². The predicted molar refractivity (Wildman–Crippen MR) is 53.3 cm³/mol. The van der Waals surface area contributed by atoms with Gasteiger partial charge in [0.2, 0.25) is 5.82 Å². The van der Waals surface area contributed by atoms with Crippen LogP contribution in [0.4, 0.5) is 15.8 Å². The average Bonchev–Trinajstić information content (AvgIpc) is 2.18. The largest absolute Gasteiger partial charge is 0.491 e. The lowest BCUT2D eigenvalue weighted by atomic mass is 10.2. The lowest BCUT2D eigenvalue weighted by Gasteiger charge is -2.07. The maximum absolute atomic E-state index is 13.1. The number of nitro benzene ring substituents is 1. The van der Waals surface area contributed by atoms with Gasteiger partial charge < -0.3 is 10.5 Å². The number of nitrogens with two attached hydrogens (primary N) is 1. The summed E-state index contributed by atoms with van der Waals surface area (Å²) >= 11 is 0. The van der Waals surface area contributed by atoms with E-state index >= 15 is 0 Å². The molecular formula is C9H11FN2O3. The van der Waals surface area contributed by atoms with Crippen LogP contribution in [0.2, 0.25) is 0 Å². The van der Waals surface area contributed by atoms with E-state index in [4.69, 9.17) is 10.5 Å². The van der Waals surface area contributed by atoms with E-state index in [1.165, 1.54) is 0 Å². The molecule has 0 heterocycles. The first kappa shape index (κ1) is 11.2. The summed E-state index contributed by atoms with van der Waals surface area (Å²) in [4.78, 5) is 9.54. The van der Waals surface area contributed by atoms with Gasteiger partial charge >= 0.3 is 5.69 Å². The molecule has 1 aromatic carbocycles. The molecule has 0 saturated carbocycles. The van der Waals surface area contributed by atoms with Gasteiger partial charge in [-0.15, -0.1) is 0 Å². The summed E-state index contributed by atoms with van der Waals surface area (Å²) in [7, 11) is 0. The third kappa shape index (κ3) is 2.55. The third-order valence-corrected chi connectivity index (χ3v) is 1.74. The quantitative estimate of drug-likeness (QED) is 0.473. The van der Waals surface area contributed by atoms with Crippen molar-refractivity contribution >= 4 is 11.4 Å². The topological polar surface area (TPSA) is 78.4 Å². The van der Waals surface area contributed by atoms with Crippen molar-refractivity contribution in [2.24, 2.45) is 0 Å². The molecule has 0 saturated heterocycles. The molecule has 1 aromatic rings. The molecule has 0 radical (unpaired) electrons. The summed E-state index contributed by atoms with van der Waals surface area (Å²) in [6.07, 6.45) is 0.748. The second-order valence-electron chi connectivity index (χ2n) is 2.95. The maximum Gasteiger partial charge on any atom is 0.307 e. The first-order valence-electron chi connectivity index (χ1n) is 4.42. The van der Waals surface area contributed by atoms with E-state index in [2.05, 4.69) is 0 Å². The van der Waals surface area contributed by atoms with Gasteiger partial charge in [0.25, 0.3) is 0 Å². The minimum Gasteiger partial charge on any atom is -0.491 e. The van der Waals surface area contributed by atoms with Crippen molar-refractivity contribution in [3.05, 3.63) is 28.1 Å². The Balaban J connectivity index is 3.02. The van der Waals surface area contributed by atoms with Crippen LogP contribution in [-0.4, -0.2) is 11.5 Å². The zero-order chi connectivity index (χ0) is 11.4. The summed E-state index contributed by atoms with van der Waals surface area (Å²) in [5.74, 6) is -0.805. The Hall–Kier alpha value is -1.85. The van der Waals surface area contributed by atoms with Crippen LogP contribution in [0.25, 0.3) is 0 Å². The molecule has 0 fully saturated rings. The molecule has 0 unspecified atom stereocenters. The van der Waals surface area contributed by atoms with Crippen molar-refractivity contribution in [2.45, 2.75) is 13.3 Å². The van der Waals surface area contributed by atoms with Gasteiger partial charge in [0.1, 0.15) is 5.75 Å². The van der Waals surface area contributed by atoms with Crippen molar-refractivity contribution in [2.75, 3.05) is 12.3 Å². The number of ether oxygens (including phenoxy) is 1. The van der Waals surface area contributed by atoms with Gasteiger partial charge in [-0.1, -0.05) is 6.92 Å². The van der Waals surface area contributed by atoms with Crippen LogP contribution in [0.5, 0.6) is 5.75 Å². The molecule has 0 spiro atoms. The number of anilines is 1. The molecule has 0 aliphatic carbocycles. The summed E-state index contributed by atoms with van der Waals surface area (Å²) < 4.78 is 18.2. The molecule has 6 heteroatoms. The lowest BCUT2D eigenvalue weighted by Crippen LogP contribution is -2.01. The first-order valence-corrected chi connectivity index (χ1v) is 4.42. The van der Waals surface area contributed by atoms with Crippen LogP contribution in [0.1, 0.15) is 13.3 Å². The van der Waals surface area contributed by atoms with E-state index in [-0.39, 0.29) is 11.4 Å². The number of hydrogen-bond donors (Lipinski definition) is 1. The fourth-order valence-electron chi connectivity index (χ4n) is 1.04. The lowest BCUT2D eigenvalue weighted by molar-refractivity contribution is -0.387. The average molecular weight is 214 g/mol. The number of nitrogen functional groups attached to an aromatic ring is 1. The van der Waals surface area contributed by atoms with Gasteiger partial charge in [-0.25, -0.2) is 0 Å². The molecule has 0 atom stereocenters. The molecule has 15 heavy (non-hydrogen) atoms. The molecule has 1 rings (SSSR count). The molecule has 0 aromatic heterocycles. The Bertz CT molecular complexity index is 382. The van der Waals surface area contributed by atoms with Gasteiger partial charge in [-0.2, -0.15) is 4.39 Å². The standard InChI is InChI=1S/C9H11FN2O3/c1-2-3-15-9-4-6(10)8(12(13)14)5-7(9)11/h4-5H,2-3,11H2,1H3. The smallest absolute Gasteiger partial charge is 0.307 e. The Morgan fingerprint density at radius 1 is 1.60 bits per heavy atom. The van der Waals surface area contributed by atoms with Crippen molar-refractivity contribution < 1.29 is 14.1 Å².